The molecule has 1 aliphatic heterocycles. The highest BCUT2D eigenvalue weighted by atomic mass is 79.9. The zero-order valence-electron chi connectivity index (χ0n) is 20.9. The van der Waals surface area contributed by atoms with Gasteiger partial charge in [0.05, 0.1) is 33.4 Å². The number of rotatable bonds is 9. The zero-order chi connectivity index (χ0) is 28.1. The van der Waals surface area contributed by atoms with E-state index in [1.165, 1.54) is 6.08 Å². The van der Waals surface area contributed by atoms with E-state index in [0.717, 1.165) is 10.5 Å². The fraction of sp³-hybridized carbons (Fsp3) is 0.179. The third-order valence-electron chi connectivity index (χ3n) is 5.52. The molecule has 0 bridgehead atoms. The van der Waals surface area contributed by atoms with Crippen LogP contribution in [0.25, 0.3) is 6.08 Å². The van der Waals surface area contributed by atoms with Crippen molar-refractivity contribution >= 4 is 68.7 Å². The maximum atomic E-state index is 13.3. The number of hydrogen-bond acceptors (Lipinski definition) is 6. The molecule has 0 saturated carbocycles. The number of benzene rings is 3. The third kappa shape index (κ3) is 6.55. The Morgan fingerprint density at radius 2 is 1.62 bits per heavy atom. The Bertz CT molecular complexity index is 1460. The summed E-state index contributed by atoms with van der Waals surface area (Å²) < 4.78 is 17.7. The predicted octanol–water partition coefficient (Wildman–Crippen LogP) is 6.80. The molecule has 202 valence electrons. The number of anilines is 1. The van der Waals surface area contributed by atoms with Crippen LogP contribution >= 0.6 is 39.1 Å². The molecule has 4 rings (SSSR count). The highest BCUT2D eigenvalue weighted by Crippen LogP contribution is 2.38. The summed E-state index contributed by atoms with van der Waals surface area (Å²) in [5.74, 6) is -0.159. The SMILES string of the molecule is CCOc1ccc(N2C(=O)NC(=O)/C(=C\c3cc(Br)c(OCc4ccc(Cl)c(Cl)c4)c(OCC)c3)C2=O)cc1. The van der Waals surface area contributed by atoms with Crippen molar-refractivity contribution in [3.05, 3.63) is 85.8 Å². The summed E-state index contributed by atoms with van der Waals surface area (Å²) >= 11 is 15.6. The number of ether oxygens (including phenoxy) is 3. The second-order valence-corrected chi connectivity index (χ2v) is 9.85. The minimum Gasteiger partial charge on any atom is -0.494 e. The Hall–Kier alpha value is -3.53. The molecule has 0 radical (unpaired) electrons. The van der Waals surface area contributed by atoms with E-state index in [1.54, 1.807) is 54.6 Å². The lowest BCUT2D eigenvalue weighted by Crippen LogP contribution is -2.54. The van der Waals surface area contributed by atoms with Gasteiger partial charge < -0.3 is 14.2 Å². The second-order valence-electron chi connectivity index (χ2n) is 8.18. The summed E-state index contributed by atoms with van der Waals surface area (Å²) in [5.41, 5.74) is 1.35. The number of hydrogen-bond donors (Lipinski definition) is 1. The van der Waals surface area contributed by atoms with Crippen molar-refractivity contribution in [1.29, 1.82) is 0 Å². The van der Waals surface area contributed by atoms with Gasteiger partial charge >= 0.3 is 6.03 Å². The molecule has 39 heavy (non-hydrogen) atoms. The lowest BCUT2D eigenvalue weighted by Gasteiger charge is -2.26. The van der Waals surface area contributed by atoms with Gasteiger partial charge in [0.15, 0.2) is 11.5 Å². The van der Waals surface area contributed by atoms with Crippen LogP contribution in [0.3, 0.4) is 0 Å². The Labute approximate surface area is 243 Å². The van der Waals surface area contributed by atoms with Gasteiger partial charge in [-0.25, -0.2) is 9.69 Å². The normalized spacial score (nSPS) is 14.4. The molecular weight excluding hydrogens is 611 g/mol. The molecule has 3 aromatic rings. The first-order valence-corrected chi connectivity index (χ1v) is 13.4. The molecule has 1 fully saturated rings. The van der Waals surface area contributed by atoms with Crippen LogP contribution < -0.4 is 24.4 Å². The molecule has 11 heteroatoms. The van der Waals surface area contributed by atoms with Gasteiger partial charge in [-0.3, -0.25) is 14.9 Å². The lowest BCUT2D eigenvalue weighted by molar-refractivity contribution is -0.122. The fourth-order valence-electron chi connectivity index (χ4n) is 3.78. The molecular formula is C28H23BrCl2N2O6. The molecule has 0 aromatic heterocycles. The first kappa shape index (κ1) is 28.5. The number of halogens is 3. The molecule has 1 heterocycles. The summed E-state index contributed by atoms with van der Waals surface area (Å²) in [6.45, 7) is 4.68. The Morgan fingerprint density at radius 3 is 2.28 bits per heavy atom. The summed E-state index contributed by atoms with van der Waals surface area (Å²) in [6, 6.07) is 14.1. The average Bonchev–Trinajstić information content (AvgIpc) is 2.89. The van der Waals surface area contributed by atoms with E-state index in [1.807, 2.05) is 13.8 Å². The van der Waals surface area contributed by atoms with Crippen molar-refractivity contribution in [1.82, 2.24) is 5.32 Å². The van der Waals surface area contributed by atoms with Crippen molar-refractivity contribution < 1.29 is 28.6 Å². The number of imide groups is 2. The molecule has 0 aliphatic carbocycles. The first-order valence-electron chi connectivity index (χ1n) is 11.9. The number of carbonyl (C=O) groups is 3. The van der Waals surface area contributed by atoms with Crippen molar-refractivity contribution in [3.63, 3.8) is 0 Å². The molecule has 0 unspecified atom stereocenters. The van der Waals surface area contributed by atoms with Gasteiger partial charge in [-0.05, 0) is 95.5 Å². The topological polar surface area (TPSA) is 94.2 Å². The fourth-order valence-corrected chi connectivity index (χ4v) is 4.67. The van der Waals surface area contributed by atoms with E-state index in [2.05, 4.69) is 21.2 Å². The smallest absolute Gasteiger partial charge is 0.335 e. The highest BCUT2D eigenvalue weighted by Gasteiger charge is 2.37. The molecule has 1 saturated heterocycles. The monoisotopic (exact) mass is 632 g/mol. The summed E-state index contributed by atoms with van der Waals surface area (Å²) in [6.07, 6.45) is 1.39. The van der Waals surface area contributed by atoms with Crippen LogP contribution in [-0.2, 0) is 16.2 Å². The number of nitrogens with zero attached hydrogens (tertiary/aromatic N) is 1. The first-order chi connectivity index (χ1) is 18.7. The highest BCUT2D eigenvalue weighted by molar-refractivity contribution is 9.10. The molecule has 8 nitrogen and oxygen atoms in total. The van der Waals surface area contributed by atoms with Crippen LogP contribution in [0.4, 0.5) is 10.5 Å². The quantitative estimate of drug-likeness (QED) is 0.206. The minimum absolute atomic E-state index is 0.191. The Morgan fingerprint density at radius 1 is 0.897 bits per heavy atom. The van der Waals surface area contributed by atoms with Crippen LogP contribution in [0.5, 0.6) is 17.2 Å². The standard InChI is InChI=1S/C28H23BrCl2N2O6/c1-3-37-19-8-6-18(7-9-19)33-27(35)20(26(34)32-28(33)36)11-17-12-21(29)25(24(14-17)38-4-2)39-15-16-5-10-22(30)23(31)13-16/h5-14H,3-4,15H2,1-2H3,(H,32,34,36)/b20-11+. The van der Waals surface area contributed by atoms with Crippen LogP contribution in [0, 0.1) is 0 Å². The van der Waals surface area contributed by atoms with Gasteiger partial charge in [-0.1, -0.05) is 29.3 Å². The molecule has 1 N–H and O–H groups in total. The molecule has 3 aromatic carbocycles. The van der Waals surface area contributed by atoms with Gasteiger partial charge in [-0.2, -0.15) is 0 Å². The van der Waals surface area contributed by atoms with Gasteiger partial charge in [0.25, 0.3) is 11.8 Å². The average molecular weight is 634 g/mol. The van der Waals surface area contributed by atoms with Crippen LogP contribution in [0.15, 0.2) is 64.6 Å². The van der Waals surface area contributed by atoms with E-state index in [-0.39, 0.29) is 12.2 Å². The van der Waals surface area contributed by atoms with Gasteiger partial charge in [0.1, 0.15) is 17.9 Å². The summed E-state index contributed by atoms with van der Waals surface area (Å²) in [4.78, 5) is 39.4. The van der Waals surface area contributed by atoms with Crippen molar-refractivity contribution in [2.75, 3.05) is 18.1 Å². The van der Waals surface area contributed by atoms with Crippen molar-refractivity contribution in [2.24, 2.45) is 0 Å². The molecule has 4 amide bonds. The Balaban J connectivity index is 1.63. The van der Waals surface area contributed by atoms with E-state index in [4.69, 9.17) is 37.4 Å². The second kappa shape index (κ2) is 12.5. The zero-order valence-corrected chi connectivity index (χ0v) is 24.0. The molecule has 0 atom stereocenters. The lowest BCUT2D eigenvalue weighted by atomic mass is 10.1. The maximum Gasteiger partial charge on any atom is 0.335 e. The largest absolute Gasteiger partial charge is 0.494 e. The van der Waals surface area contributed by atoms with Crippen LogP contribution in [0.1, 0.15) is 25.0 Å². The van der Waals surface area contributed by atoms with E-state index in [9.17, 15) is 14.4 Å². The number of barbiturate groups is 1. The van der Waals surface area contributed by atoms with Crippen LogP contribution in [0.2, 0.25) is 10.0 Å². The van der Waals surface area contributed by atoms with Crippen molar-refractivity contribution in [3.8, 4) is 17.2 Å². The van der Waals surface area contributed by atoms with E-state index in [0.29, 0.717) is 56.2 Å². The number of amides is 4. The Kier molecular flexibility index (Phi) is 9.16. The number of carbonyl (C=O) groups excluding carboxylic acids is 3. The third-order valence-corrected chi connectivity index (χ3v) is 6.85. The van der Waals surface area contributed by atoms with E-state index >= 15 is 0 Å². The van der Waals surface area contributed by atoms with Crippen LogP contribution in [-0.4, -0.2) is 31.1 Å². The predicted molar refractivity (Wildman–Crippen MR) is 153 cm³/mol. The molecule has 0 spiro atoms. The van der Waals surface area contributed by atoms with Gasteiger partial charge in [-0.15, -0.1) is 0 Å². The maximum absolute atomic E-state index is 13.3. The van der Waals surface area contributed by atoms with Gasteiger partial charge in [0.2, 0.25) is 0 Å². The number of urea groups is 1. The number of nitrogens with one attached hydrogen (secondary N) is 1. The minimum atomic E-state index is -0.839. The summed E-state index contributed by atoms with van der Waals surface area (Å²) in [7, 11) is 0. The summed E-state index contributed by atoms with van der Waals surface area (Å²) in [5, 5.41) is 3.08. The molecule has 1 aliphatic rings. The van der Waals surface area contributed by atoms with Crippen molar-refractivity contribution in [2.45, 2.75) is 20.5 Å². The van der Waals surface area contributed by atoms with Gasteiger partial charge in [0, 0.05) is 0 Å². The van der Waals surface area contributed by atoms with E-state index < -0.39 is 17.8 Å².